The highest BCUT2D eigenvalue weighted by Crippen LogP contribution is 2.37. The van der Waals surface area contributed by atoms with E-state index in [4.69, 9.17) is 4.74 Å². The van der Waals surface area contributed by atoms with E-state index in [-0.39, 0.29) is 5.91 Å². The van der Waals surface area contributed by atoms with Gasteiger partial charge in [-0.15, -0.1) is 0 Å². The zero-order valence-electron chi connectivity index (χ0n) is 19.2. The molecule has 2 aliphatic rings. The van der Waals surface area contributed by atoms with Crippen LogP contribution in [0.2, 0.25) is 0 Å². The number of hydrogen-bond donors (Lipinski definition) is 1. The summed E-state index contributed by atoms with van der Waals surface area (Å²) in [4.78, 5) is 37.5. The fourth-order valence-corrected chi connectivity index (χ4v) is 4.85. The number of fused-ring (bicyclic) bond motifs is 3. The van der Waals surface area contributed by atoms with E-state index < -0.39 is 5.97 Å². The number of rotatable bonds is 6. The Kier molecular flexibility index (Phi) is 5.65. The first-order valence-electron chi connectivity index (χ1n) is 11.5. The number of amides is 1. The molecule has 3 aromatic rings. The molecular weight excluding hydrogens is 432 g/mol. The first kappa shape index (κ1) is 21.9. The van der Waals surface area contributed by atoms with Crippen molar-refractivity contribution in [2.24, 2.45) is 0 Å². The molecule has 1 aromatic carbocycles. The fraction of sp³-hybridized carbons (Fsp3) is 0.308. The molecule has 0 radical (unpaired) electrons. The second-order valence-corrected chi connectivity index (χ2v) is 8.49. The molecule has 0 saturated carbocycles. The van der Waals surface area contributed by atoms with Crippen molar-refractivity contribution in [3.8, 4) is 5.75 Å². The molecule has 0 fully saturated rings. The van der Waals surface area contributed by atoms with Crippen molar-refractivity contribution in [1.82, 2.24) is 9.97 Å². The van der Waals surface area contributed by atoms with Gasteiger partial charge in [0, 0.05) is 32.4 Å². The summed E-state index contributed by atoms with van der Waals surface area (Å²) in [6, 6.07) is 8.98. The molecule has 0 atom stereocenters. The molecule has 1 amide bonds. The Morgan fingerprint density at radius 3 is 2.76 bits per heavy atom. The summed E-state index contributed by atoms with van der Waals surface area (Å²) in [6.45, 7) is 3.04. The Balaban J connectivity index is 1.38. The fourth-order valence-electron chi connectivity index (χ4n) is 4.85. The molecule has 8 heteroatoms. The smallest absolute Gasteiger partial charge is 0.335 e. The number of carboxylic acid groups (broad SMARTS) is 1. The van der Waals surface area contributed by atoms with Gasteiger partial charge in [0.15, 0.2) is 5.82 Å². The summed E-state index contributed by atoms with van der Waals surface area (Å²) in [5, 5.41) is 9.43. The number of ether oxygens (including phenoxy) is 1. The van der Waals surface area contributed by atoms with Crippen molar-refractivity contribution >= 4 is 29.2 Å². The molecule has 0 saturated heterocycles. The molecule has 1 N–H and O–H groups in total. The van der Waals surface area contributed by atoms with E-state index >= 15 is 0 Å². The Hall–Kier alpha value is -3.94. The van der Waals surface area contributed by atoms with E-state index in [1.807, 2.05) is 30.0 Å². The topological polar surface area (TPSA) is 95.9 Å². The minimum atomic E-state index is -0.895. The standard InChI is InChI=1S/C26H26N4O4/c1-3-30-23-20(25(31)29(2)21-8-5-12-27-24(21)30)14-16(15-28-23)11-13-34-22-10-9-19(26(32)33)17-6-4-7-18(17)22/h5,8-10,12,14-15H,3-4,6-7,11,13H2,1-2H3,(H,32,33). The first-order valence-corrected chi connectivity index (χ1v) is 11.5. The number of aromatic carboxylic acids is 1. The Labute approximate surface area is 197 Å². The molecule has 1 aliphatic carbocycles. The molecule has 34 heavy (non-hydrogen) atoms. The minimum Gasteiger partial charge on any atom is -0.493 e. The number of nitrogens with zero attached hydrogens (tertiary/aromatic N) is 4. The molecule has 8 nitrogen and oxygen atoms in total. The van der Waals surface area contributed by atoms with Crippen LogP contribution in [0.4, 0.5) is 17.3 Å². The number of anilines is 3. The van der Waals surface area contributed by atoms with Gasteiger partial charge < -0.3 is 19.6 Å². The van der Waals surface area contributed by atoms with Gasteiger partial charge in [0.05, 0.1) is 23.4 Å². The number of benzene rings is 1. The lowest BCUT2D eigenvalue weighted by atomic mass is 10.0. The SMILES string of the molecule is CCN1c2ncc(CCOc3ccc(C(=O)O)c4c3CCC4)cc2C(=O)N(C)c2cccnc21. The number of hydrogen-bond acceptors (Lipinski definition) is 6. The van der Waals surface area contributed by atoms with E-state index in [2.05, 4.69) is 9.97 Å². The molecular formula is C26H26N4O4. The summed E-state index contributed by atoms with van der Waals surface area (Å²) in [5.74, 6) is 1.03. The van der Waals surface area contributed by atoms with E-state index in [1.54, 1.807) is 36.5 Å². The maximum absolute atomic E-state index is 13.3. The number of carbonyl (C=O) groups excluding carboxylic acids is 1. The second kappa shape index (κ2) is 8.78. The minimum absolute atomic E-state index is 0.127. The van der Waals surface area contributed by atoms with Crippen molar-refractivity contribution in [1.29, 1.82) is 0 Å². The maximum Gasteiger partial charge on any atom is 0.335 e. The molecule has 5 rings (SSSR count). The Morgan fingerprint density at radius 2 is 1.97 bits per heavy atom. The van der Waals surface area contributed by atoms with Crippen LogP contribution in [-0.4, -0.2) is 47.2 Å². The Bertz CT molecular complexity index is 1290. The molecule has 0 bridgehead atoms. The monoisotopic (exact) mass is 458 g/mol. The van der Waals surface area contributed by atoms with Gasteiger partial charge in [0.2, 0.25) is 0 Å². The van der Waals surface area contributed by atoms with Gasteiger partial charge in [-0.05, 0) is 73.2 Å². The predicted molar refractivity (Wildman–Crippen MR) is 129 cm³/mol. The Morgan fingerprint density at radius 1 is 1.15 bits per heavy atom. The highest BCUT2D eigenvalue weighted by Gasteiger charge is 2.30. The quantitative estimate of drug-likeness (QED) is 0.596. The van der Waals surface area contributed by atoms with Gasteiger partial charge in [0.25, 0.3) is 5.91 Å². The number of carbonyl (C=O) groups is 2. The molecule has 0 unspecified atom stereocenters. The van der Waals surface area contributed by atoms with Crippen molar-refractivity contribution in [3.63, 3.8) is 0 Å². The normalized spacial score (nSPS) is 14.4. The highest BCUT2D eigenvalue weighted by molar-refractivity contribution is 6.12. The second-order valence-electron chi connectivity index (χ2n) is 8.49. The largest absolute Gasteiger partial charge is 0.493 e. The summed E-state index contributed by atoms with van der Waals surface area (Å²) in [5.41, 5.74) is 4.43. The zero-order valence-corrected chi connectivity index (χ0v) is 19.2. The van der Waals surface area contributed by atoms with Gasteiger partial charge in [0.1, 0.15) is 11.6 Å². The van der Waals surface area contributed by atoms with Crippen LogP contribution in [0.3, 0.4) is 0 Å². The molecule has 1 aliphatic heterocycles. The van der Waals surface area contributed by atoms with Gasteiger partial charge in [-0.25, -0.2) is 14.8 Å². The third kappa shape index (κ3) is 3.65. The molecule has 3 heterocycles. The van der Waals surface area contributed by atoms with Crippen LogP contribution in [0.15, 0.2) is 42.7 Å². The van der Waals surface area contributed by atoms with Crippen LogP contribution in [0.25, 0.3) is 0 Å². The van der Waals surface area contributed by atoms with Crippen molar-refractivity contribution < 1.29 is 19.4 Å². The zero-order chi connectivity index (χ0) is 23.8. The lowest BCUT2D eigenvalue weighted by molar-refractivity contribution is 0.0695. The van der Waals surface area contributed by atoms with Crippen LogP contribution >= 0.6 is 0 Å². The average Bonchev–Trinajstić information content (AvgIpc) is 3.32. The third-order valence-corrected chi connectivity index (χ3v) is 6.53. The number of carboxylic acids is 1. The van der Waals surface area contributed by atoms with Crippen LogP contribution in [0, 0.1) is 0 Å². The van der Waals surface area contributed by atoms with Crippen molar-refractivity contribution in [2.75, 3.05) is 30.0 Å². The molecule has 0 spiro atoms. The lowest BCUT2D eigenvalue weighted by Gasteiger charge is -2.22. The first-order chi connectivity index (χ1) is 16.5. The maximum atomic E-state index is 13.3. The van der Waals surface area contributed by atoms with Crippen LogP contribution < -0.4 is 14.5 Å². The lowest BCUT2D eigenvalue weighted by Crippen LogP contribution is -2.25. The van der Waals surface area contributed by atoms with Gasteiger partial charge in [-0.2, -0.15) is 0 Å². The predicted octanol–water partition coefficient (Wildman–Crippen LogP) is 4.03. The van der Waals surface area contributed by atoms with Crippen molar-refractivity contribution in [2.45, 2.75) is 32.6 Å². The summed E-state index contributed by atoms with van der Waals surface area (Å²) in [7, 11) is 1.75. The van der Waals surface area contributed by atoms with E-state index in [0.717, 1.165) is 47.4 Å². The van der Waals surface area contributed by atoms with Gasteiger partial charge in [-0.1, -0.05) is 0 Å². The molecule has 2 aromatic heterocycles. The highest BCUT2D eigenvalue weighted by atomic mass is 16.5. The van der Waals surface area contributed by atoms with Gasteiger partial charge in [-0.3, -0.25) is 4.79 Å². The van der Waals surface area contributed by atoms with E-state index in [1.165, 1.54) is 0 Å². The molecule has 174 valence electrons. The summed E-state index contributed by atoms with van der Waals surface area (Å²) < 4.78 is 6.06. The van der Waals surface area contributed by atoms with Crippen LogP contribution in [-0.2, 0) is 19.3 Å². The number of aromatic nitrogens is 2. The van der Waals surface area contributed by atoms with E-state index in [0.29, 0.717) is 42.3 Å². The van der Waals surface area contributed by atoms with Crippen LogP contribution in [0.5, 0.6) is 5.75 Å². The number of pyridine rings is 2. The van der Waals surface area contributed by atoms with Gasteiger partial charge >= 0.3 is 5.97 Å². The summed E-state index contributed by atoms with van der Waals surface area (Å²) in [6.07, 6.45) is 6.61. The third-order valence-electron chi connectivity index (χ3n) is 6.53. The van der Waals surface area contributed by atoms with E-state index in [9.17, 15) is 14.7 Å². The summed E-state index contributed by atoms with van der Waals surface area (Å²) >= 11 is 0. The average molecular weight is 459 g/mol. The van der Waals surface area contributed by atoms with Crippen molar-refractivity contribution in [3.05, 3.63) is 70.5 Å². The van der Waals surface area contributed by atoms with Crippen LogP contribution in [0.1, 0.15) is 50.8 Å².